The van der Waals surface area contributed by atoms with Crippen LogP contribution < -0.4 is 10.1 Å². The normalized spacial score (nSPS) is 10.3. The maximum absolute atomic E-state index is 13.9. The SMILES string of the molecule is O=C(Nc1ncccc1OCc1ccncc1)c1cc(Br)ccc1F. The van der Waals surface area contributed by atoms with Crippen molar-refractivity contribution in [2.75, 3.05) is 5.32 Å². The molecule has 25 heavy (non-hydrogen) atoms. The second-order valence-corrected chi connectivity index (χ2v) is 5.99. The van der Waals surface area contributed by atoms with Gasteiger partial charge in [-0.15, -0.1) is 0 Å². The quantitative estimate of drug-likeness (QED) is 0.695. The predicted octanol–water partition coefficient (Wildman–Crippen LogP) is 4.21. The zero-order chi connectivity index (χ0) is 17.6. The van der Waals surface area contributed by atoms with E-state index in [0.29, 0.717) is 16.8 Å². The number of anilines is 1. The Morgan fingerprint density at radius 1 is 1.16 bits per heavy atom. The van der Waals surface area contributed by atoms with Crippen molar-refractivity contribution >= 4 is 27.7 Å². The van der Waals surface area contributed by atoms with Gasteiger partial charge in [0.15, 0.2) is 11.6 Å². The Morgan fingerprint density at radius 3 is 2.76 bits per heavy atom. The summed E-state index contributed by atoms with van der Waals surface area (Å²) in [6.07, 6.45) is 4.85. The average Bonchev–Trinajstić information content (AvgIpc) is 2.64. The third kappa shape index (κ3) is 4.39. The Hall–Kier alpha value is -2.80. The molecule has 1 aromatic carbocycles. The number of rotatable bonds is 5. The summed E-state index contributed by atoms with van der Waals surface area (Å²) in [6, 6.07) is 11.2. The molecule has 0 saturated carbocycles. The highest BCUT2D eigenvalue weighted by Gasteiger charge is 2.15. The van der Waals surface area contributed by atoms with Crippen molar-refractivity contribution in [2.45, 2.75) is 6.61 Å². The lowest BCUT2D eigenvalue weighted by Gasteiger charge is -2.12. The Bertz CT molecular complexity index is 890. The zero-order valence-corrected chi connectivity index (χ0v) is 14.5. The molecule has 0 saturated heterocycles. The van der Waals surface area contributed by atoms with Crippen molar-refractivity contribution in [2.24, 2.45) is 0 Å². The van der Waals surface area contributed by atoms with Gasteiger partial charge in [-0.3, -0.25) is 9.78 Å². The Morgan fingerprint density at radius 2 is 1.96 bits per heavy atom. The lowest BCUT2D eigenvalue weighted by Crippen LogP contribution is -2.15. The molecule has 0 spiro atoms. The van der Waals surface area contributed by atoms with E-state index in [1.54, 1.807) is 24.5 Å². The zero-order valence-electron chi connectivity index (χ0n) is 12.9. The van der Waals surface area contributed by atoms with Crippen molar-refractivity contribution in [3.8, 4) is 5.75 Å². The van der Waals surface area contributed by atoms with Crippen LogP contribution in [0.5, 0.6) is 5.75 Å². The lowest BCUT2D eigenvalue weighted by atomic mass is 10.2. The van der Waals surface area contributed by atoms with Gasteiger partial charge >= 0.3 is 0 Å². The largest absolute Gasteiger partial charge is 0.485 e. The van der Waals surface area contributed by atoms with Gasteiger partial charge in [0.05, 0.1) is 5.56 Å². The third-order valence-electron chi connectivity index (χ3n) is 3.32. The van der Waals surface area contributed by atoms with E-state index in [0.717, 1.165) is 5.56 Å². The molecule has 126 valence electrons. The molecule has 0 aliphatic heterocycles. The van der Waals surface area contributed by atoms with Crippen molar-refractivity contribution in [3.05, 3.63) is 82.5 Å². The molecule has 0 radical (unpaired) electrons. The van der Waals surface area contributed by atoms with Crippen LogP contribution in [0.1, 0.15) is 15.9 Å². The van der Waals surface area contributed by atoms with Gasteiger partial charge in [0.2, 0.25) is 0 Å². The van der Waals surface area contributed by atoms with E-state index >= 15 is 0 Å². The van der Waals surface area contributed by atoms with E-state index in [1.165, 1.54) is 24.4 Å². The van der Waals surface area contributed by atoms with Gasteiger partial charge in [0, 0.05) is 23.1 Å². The van der Waals surface area contributed by atoms with E-state index in [1.807, 2.05) is 12.1 Å². The second kappa shape index (κ2) is 7.85. The molecule has 2 aromatic heterocycles. The number of benzene rings is 1. The van der Waals surface area contributed by atoms with Crippen molar-refractivity contribution in [1.29, 1.82) is 0 Å². The maximum Gasteiger partial charge on any atom is 0.259 e. The lowest BCUT2D eigenvalue weighted by molar-refractivity contribution is 0.102. The molecule has 5 nitrogen and oxygen atoms in total. The maximum atomic E-state index is 13.9. The summed E-state index contributed by atoms with van der Waals surface area (Å²) in [7, 11) is 0. The van der Waals surface area contributed by atoms with Crippen LogP contribution >= 0.6 is 15.9 Å². The van der Waals surface area contributed by atoms with Crippen LogP contribution in [0.3, 0.4) is 0 Å². The fourth-order valence-electron chi connectivity index (χ4n) is 2.09. The highest BCUT2D eigenvalue weighted by atomic mass is 79.9. The summed E-state index contributed by atoms with van der Waals surface area (Å²) >= 11 is 3.22. The Labute approximate surface area is 152 Å². The van der Waals surface area contributed by atoms with Crippen molar-refractivity contribution in [3.63, 3.8) is 0 Å². The smallest absolute Gasteiger partial charge is 0.259 e. The van der Waals surface area contributed by atoms with Crippen LogP contribution in [0.25, 0.3) is 0 Å². The molecule has 0 bridgehead atoms. The summed E-state index contributed by atoms with van der Waals surface area (Å²) in [5, 5.41) is 2.58. The molecule has 1 N–H and O–H groups in total. The second-order valence-electron chi connectivity index (χ2n) is 5.07. The number of carbonyl (C=O) groups excluding carboxylic acids is 1. The summed E-state index contributed by atoms with van der Waals surface area (Å²) in [4.78, 5) is 20.4. The summed E-state index contributed by atoms with van der Waals surface area (Å²) in [5.74, 6) is -0.605. The molecular formula is C18H13BrFN3O2. The predicted molar refractivity (Wildman–Crippen MR) is 94.9 cm³/mol. The summed E-state index contributed by atoms with van der Waals surface area (Å²) < 4.78 is 20.2. The number of hydrogen-bond donors (Lipinski definition) is 1. The van der Waals surface area contributed by atoms with Gasteiger partial charge in [0.25, 0.3) is 5.91 Å². The van der Waals surface area contributed by atoms with Crippen molar-refractivity contribution < 1.29 is 13.9 Å². The average molecular weight is 402 g/mol. The topological polar surface area (TPSA) is 64.1 Å². The minimum Gasteiger partial charge on any atom is -0.485 e. The number of amides is 1. The minimum absolute atomic E-state index is 0.0832. The molecular weight excluding hydrogens is 389 g/mol. The molecule has 0 aliphatic carbocycles. The van der Waals surface area contributed by atoms with E-state index in [9.17, 15) is 9.18 Å². The molecule has 0 aliphatic rings. The van der Waals surface area contributed by atoms with Gasteiger partial charge in [-0.05, 0) is 48.0 Å². The van der Waals surface area contributed by atoms with Crippen LogP contribution in [0.4, 0.5) is 10.2 Å². The first-order valence-electron chi connectivity index (χ1n) is 7.36. The van der Waals surface area contributed by atoms with Gasteiger partial charge in [-0.2, -0.15) is 0 Å². The number of nitrogens with zero attached hydrogens (tertiary/aromatic N) is 2. The molecule has 1 amide bonds. The van der Waals surface area contributed by atoms with E-state index in [4.69, 9.17) is 4.74 Å². The molecule has 0 atom stereocenters. The highest BCUT2D eigenvalue weighted by molar-refractivity contribution is 9.10. The number of carbonyl (C=O) groups is 1. The highest BCUT2D eigenvalue weighted by Crippen LogP contribution is 2.24. The standard InChI is InChI=1S/C18H13BrFN3O2/c19-13-3-4-15(20)14(10-13)18(24)23-17-16(2-1-7-22-17)25-11-12-5-8-21-9-6-12/h1-10H,11H2,(H,22,23,24). The van der Waals surface area contributed by atoms with Gasteiger partial charge in [-0.1, -0.05) is 15.9 Å². The number of halogens is 2. The monoisotopic (exact) mass is 401 g/mol. The van der Waals surface area contributed by atoms with Crippen LogP contribution in [-0.4, -0.2) is 15.9 Å². The van der Waals surface area contributed by atoms with Crippen LogP contribution in [0.15, 0.2) is 65.5 Å². The number of nitrogens with one attached hydrogen (secondary N) is 1. The number of ether oxygens (including phenoxy) is 1. The number of pyridine rings is 2. The first-order valence-corrected chi connectivity index (χ1v) is 8.16. The molecule has 7 heteroatoms. The minimum atomic E-state index is -0.615. The Balaban J connectivity index is 1.76. The van der Waals surface area contributed by atoms with E-state index < -0.39 is 11.7 Å². The summed E-state index contributed by atoms with van der Waals surface area (Å²) in [6.45, 7) is 0.294. The van der Waals surface area contributed by atoms with Crippen molar-refractivity contribution in [1.82, 2.24) is 9.97 Å². The van der Waals surface area contributed by atoms with E-state index in [2.05, 4.69) is 31.2 Å². The first kappa shape index (κ1) is 17.0. The first-order chi connectivity index (χ1) is 12.1. The van der Waals surface area contributed by atoms with Crippen LogP contribution in [0, 0.1) is 5.82 Å². The molecule has 2 heterocycles. The fourth-order valence-corrected chi connectivity index (χ4v) is 2.45. The van der Waals surface area contributed by atoms with Gasteiger partial charge in [0.1, 0.15) is 12.4 Å². The van der Waals surface area contributed by atoms with Gasteiger partial charge < -0.3 is 10.1 Å². The number of hydrogen-bond acceptors (Lipinski definition) is 4. The summed E-state index contributed by atoms with van der Waals surface area (Å²) in [5.41, 5.74) is 0.842. The van der Waals surface area contributed by atoms with Gasteiger partial charge in [-0.25, -0.2) is 9.37 Å². The molecule has 0 fully saturated rings. The third-order valence-corrected chi connectivity index (χ3v) is 3.81. The van der Waals surface area contributed by atoms with Crippen LogP contribution in [0.2, 0.25) is 0 Å². The Kier molecular flexibility index (Phi) is 5.35. The number of aromatic nitrogens is 2. The molecule has 0 unspecified atom stereocenters. The van der Waals surface area contributed by atoms with Crippen LogP contribution in [-0.2, 0) is 6.61 Å². The molecule has 3 rings (SSSR count). The molecule has 3 aromatic rings. The van der Waals surface area contributed by atoms with E-state index in [-0.39, 0.29) is 11.4 Å². The fraction of sp³-hybridized carbons (Fsp3) is 0.0556.